The molecule has 9 aromatic rings. The molecule has 0 spiro atoms. The number of rotatable bonds is 8. The van der Waals surface area contributed by atoms with Crippen LogP contribution < -0.4 is 9.80 Å². The average molecular weight is 905 g/mol. The highest BCUT2D eigenvalue weighted by molar-refractivity contribution is 5.98. The van der Waals surface area contributed by atoms with Crippen molar-refractivity contribution in [3.05, 3.63) is 245 Å². The van der Waals surface area contributed by atoms with Crippen molar-refractivity contribution in [3.8, 4) is 33.4 Å². The van der Waals surface area contributed by atoms with E-state index in [9.17, 15) is 0 Å². The standard InChI is InChI=1S/C68H60N2/c1-67(2,3)55-23-15-27-59(43-55)69(57-25-13-21-47(37-57)45-17-9-7-10-18-45)61-29-31-63-53(39-61)35-51-33-49-42-66-52(34-50(49)41-65(51)63)36-54-40-62(30-32-64(54)66)70(60-28-16-24-56(44-60)68(4,5)6)58-26-14-22-48(38-58)46-19-11-8-12-20-46/h7,9-11,13-34,37-44H,8,12,35-36H2,1-6H3. The first-order valence-electron chi connectivity index (χ1n) is 25.2. The second-order valence-corrected chi connectivity index (χ2v) is 21.8. The third-order valence-corrected chi connectivity index (χ3v) is 14.9. The zero-order chi connectivity index (χ0) is 47.7. The van der Waals surface area contributed by atoms with Crippen LogP contribution in [-0.4, -0.2) is 0 Å². The van der Waals surface area contributed by atoms with Gasteiger partial charge in [-0.2, -0.15) is 0 Å². The Labute approximate surface area is 414 Å². The highest BCUT2D eigenvalue weighted by atomic mass is 15.1. The molecule has 3 aliphatic rings. The number of nitrogens with zero attached hydrogens (tertiary/aromatic N) is 2. The molecule has 0 bridgehead atoms. The van der Waals surface area contributed by atoms with E-state index >= 15 is 0 Å². The van der Waals surface area contributed by atoms with E-state index in [0.717, 1.165) is 31.4 Å². The number of anilines is 6. The Balaban J connectivity index is 0.887. The maximum Gasteiger partial charge on any atom is 0.0467 e. The lowest BCUT2D eigenvalue weighted by molar-refractivity contribution is 0.590. The Hall–Kier alpha value is -7.68. The normalized spacial score (nSPS) is 13.7. The van der Waals surface area contributed by atoms with Gasteiger partial charge in [-0.3, -0.25) is 0 Å². The minimum absolute atomic E-state index is 0.0262. The minimum Gasteiger partial charge on any atom is -0.310 e. The summed E-state index contributed by atoms with van der Waals surface area (Å²) in [5.74, 6) is 0. The van der Waals surface area contributed by atoms with Gasteiger partial charge in [0.05, 0.1) is 0 Å². The van der Waals surface area contributed by atoms with Crippen LogP contribution in [0.5, 0.6) is 0 Å². The van der Waals surface area contributed by atoms with Crippen LogP contribution in [-0.2, 0) is 23.7 Å². The van der Waals surface area contributed by atoms with Crippen molar-refractivity contribution in [2.45, 2.75) is 78.1 Å². The summed E-state index contributed by atoms with van der Waals surface area (Å²) in [5.41, 5.74) is 25.7. The first-order valence-corrected chi connectivity index (χ1v) is 25.2. The summed E-state index contributed by atoms with van der Waals surface area (Å²) in [5, 5.41) is 2.62. The number of benzene rings is 9. The highest BCUT2D eigenvalue weighted by Gasteiger charge is 2.27. The molecule has 0 radical (unpaired) electrons. The second-order valence-electron chi connectivity index (χ2n) is 21.8. The zero-order valence-electron chi connectivity index (χ0n) is 41.4. The largest absolute Gasteiger partial charge is 0.310 e. The lowest BCUT2D eigenvalue weighted by Crippen LogP contribution is -2.14. The maximum absolute atomic E-state index is 2.47. The molecule has 0 aromatic heterocycles. The van der Waals surface area contributed by atoms with E-state index in [0.29, 0.717) is 0 Å². The van der Waals surface area contributed by atoms with Crippen LogP contribution in [0.15, 0.2) is 206 Å². The SMILES string of the molecule is CC(C)(C)c1cccc(N(c2cccc(C3=CCCC=C3)c2)c2ccc3c(c2)Cc2cc4cc5c(cc4cc2-3)Cc2cc(N(c3cccc(-c4ccccc4)c3)c3cccc(C(C)(C)C)c3)ccc2-5)c1. The molecule has 0 aliphatic heterocycles. The van der Waals surface area contributed by atoms with Crippen molar-refractivity contribution in [1.82, 2.24) is 0 Å². The van der Waals surface area contributed by atoms with E-state index in [1.165, 1.54) is 117 Å². The molecule has 0 saturated heterocycles. The van der Waals surface area contributed by atoms with E-state index in [-0.39, 0.29) is 10.8 Å². The first-order chi connectivity index (χ1) is 33.9. The molecule has 0 saturated carbocycles. The summed E-state index contributed by atoms with van der Waals surface area (Å²) in [4.78, 5) is 4.91. The molecule has 3 aliphatic carbocycles. The van der Waals surface area contributed by atoms with Crippen LogP contribution >= 0.6 is 0 Å². The summed E-state index contributed by atoms with van der Waals surface area (Å²) in [6.07, 6.45) is 11.0. The van der Waals surface area contributed by atoms with Crippen LogP contribution in [0.4, 0.5) is 34.1 Å². The van der Waals surface area contributed by atoms with Gasteiger partial charge in [0, 0.05) is 34.1 Å². The third kappa shape index (κ3) is 8.06. The molecular weight excluding hydrogens is 845 g/mol. The van der Waals surface area contributed by atoms with Crippen molar-refractivity contribution < 1.29 is 0 Å². The molecule has 0 heterocycles. The fraction of sp³-hybridized carbons (Fsp3) is 0.176. The van der Waals surface area contributed by atoms with Gasteiger partial charge in [-0.15, -0.1) is 0 Å². The molecule has 2 nitrogen and oxygen atoms in total. The van der Waals surface area contributed by atoms with E-state index in [2.05, 4.69) is 258 Å². The van der Waals surface area contributed by atoms with Gasteiger partial charge >= 0.3 is 0 Å². The third-order valence-electron chi connectivity index (χ3n) is 14.9. The molecule has 0 fully saturated rings. The summed E-state index contributed by atoms with van der Waals surface area (Å²) in [6, 6.07) is 71.2. The van der Waals surface area contributed by atoms with Gasteiger partial charge < -0.3 is 9.80 Å². The van der Waals surface area contributed by atoms with Crippen molar-refractivity contribution in [2.75, 3.05) is 9.80 Å². The van der Waals surface area contributed by atoms with Gasteiger partial charge in [0.2, 0.25) is 0 Å². The van der Waals surface area contributed by atoms with E-state index in [1.54, 1.807) is 0 Å². The molecular formula is C68H60N2. The van der Waals surface area contributed by atoms with Gasteiger partial charge in [-0.1, -0.05) is 163 Å². The average Bonchev–Trinajstić information content (AvgIpc) is 3.91. The smallest absolute Gasteiger partial charge is 0.0467 e. The van der Waals surface area contributed by atoms with Crippen LogP contribution in [0.2, 0.25) is 0 Å². The maximum atomic E-state index is 2.47. The van der Waals surface area contributed by atoms with E-state index < -0.39 is 0 Å². The monoisotopic (exact) mass is 904 g/mol. The Kier molecular flexibility index (Phi) is 10.6. The van der Waals surface area contributed by atoms with Crippen LogP contribution in [0.1, 0.15) is 93.3 Å². The molecule has 9 aromatic carbocycles. The highest BCUT2D eigenvalue weighted by Crippen LogP contribution is 2.48. The number of hydrogen-bond acceptors (Lipinski definition) is 2. The lowest BCUT2D eigenvalue weighted by atomic mass is 9.86. The number of allylic oxidation sites excluding steroid dienone is 4. The first kappa shape index (κ1) is 43.6. The van der Waals surface area contributed by atoms with E-state index in [1.807, 2.05) is 0 Å². The topological polar surface area (TPSA) is 6.48 Å². The predicted octanol–water partition coefficient (Wildman–Crippen LogP) is 18.9. The Morgan fingerprint density at radius 2 is 0.786 bits per heavy atom. The van der Waals surface area contributed by atoms with Gasteiger partial charge in [0.25, 0.3) is 0 Å². The quantitative estimate of drug-likeness (QED) is 0.150. The number of fused-ring (bicyclic) bond motifs is 7. The minimum atomic E-state index is 0.0262. The molecule has 70 heavy (non-hydrogen) atoms. The molecule has 0 atom stereocenters. The summed E-state index contributed by atoms with van der Waals surface area (Å²) in [7, 11) is 0. The molecule has 0 amide bonds. The Morgan fingerprint density at radius 1 is 0.343 bits per heavy atom. The summed E-state index contributed by atoms with van der Waals surface area (Å²) < 4.78 is 0. The fourth-order valence-corrected chi connectivity index (χ4v) is 11.1. The molecule has 12 rings (SSSR count). The van der Waals surface area contributed by atoms with Gasteiger partial charge in [-0.25, -0.2) is 0 Å². The van der Waals surface area contributed by atoms with Gasteiger partial charge in [0.15, 0.2) is 0 Å². The zero-order valence-corrected chi connectivity index (χ0v) is 41.4. The number of hydrogen-bond donors (Lipinski definition) is 0. The van der Waals surface area contributed by atoms with Crippen LogP contribution in [0.25, 0.3) is 49.7 Å². The van der Waals surface area contributed by atoms with Crippen LogP contribution in [0.3, 0.4) is 0 Å². The van der Waals surface area contributed by atoms with E-state index in [4.69, 9.17) is 0 Å². The summed E-state index contributed by atoms with van der Waals surface area (Å²) >= 11 is 0. The van der Waals surface area contributed by atoms with Crippen LogP contribution in [0, 0.1) is 0 Å². The van der Waals surface area contributed by atoms with Gasteiger partial charge in [0.1, 0.15) is 0 Å². The molecule has 0 unspecified atom stereocenters. The van der Waals surface area contributed by atoms with Crippen molar-refractivity contribution in [3.63, 3.8) is 0 Å². The molecule has 0 N–H and O–H groups in total. The second kappa shape index (κ2) is 17.1. The molecule has 2 heteroatoms. The molecule has 342 valence electrons. The van der Waals surface area contributed by atoms with Crippen molar-refractivity contribution in [2.24, 2.45) is 0 Å². The Morgan fingerprint density at radius 3 is 1.29 bits per heavy atom. The van der Waals surface area contributed by atoms with Crippen molar-refractivity contribution >= 4 is 50.5 Å². The summed E-state index contributed by atoms with van der Waals surface area (Å²) in [6.45, 7) is 13.8. The predicted molar refractivity (Wildman–Crippen MR) is 299 cm³/mol. The van der Waals surface area contributed by atoms with Gasteiger partial charge in [-0.05, 0) is 210 Å². The Bertz CT molecular complexity index is 3570. The van der Waals surface area contributed by atoms with Crippen molar-refractivity contribution in [1.29, 1.82) is 0 Å². The lowest BCUT2D eigenvalue weighted by Gasteiger charge is -2.29. The fourth-order valence-electron chi connectivity index (χ4n) is 11.1.